The van der Waals surface area contributed by atoms with Crippen molar-refractivity contribution in [2.75, 3.05) is 0 Å². The van der Waals surface area contributed by atoms with Crippen molar-refractivity contribution in [3.8, 4) is 0 Å². The van der Waals surface area contributed by atoms with E-state index in [-0.39, 0.29) is 0 Å². The van der Waals surface area contributed by atoms with Gasteiger partial charge in [-0.25, -0.2) is 9.52 Å². The third-order valence-electron chi connectivity index (χ3n) is 1.48. The van der Waals surface area contributed by atoms with Gasteiger partial charge in [0, 0.05) is 0 Å². The number of carbonyl (C=O) groups excluding carboxylic acids is 1. The molecule has 0 bridgehead atoms. The van der Waals surface area contributed by atoms with Gasteiger partial charge in [0.15, 0.2) is 0 Å². The molecule has 0 saturated carbocycles. The molecule has 8 nitrogen and oxygen atoms in total. The molecule has 0 aliphatic rings. The molecular formula is C8H16N2O6S. The van der Waals surface area contributed by atoms with Gasteiger partial charge in [0.1, 0.15) is 5.54 Å². The molecule has 0 aliphatic heterocycles. The average Bonchev–Trinajstić information content (AvgIpc) is 1.96. The average molecular weight is 268 g/mol. The first-order valence-corrected chi connectivity index (χ1v) is 6.20. The fourth-order valence-corrected chi connectivity index (χ4v) is 1.83. The lowest BCUT2D eigenvalue weighted by Crippen LogP contribution is -2.54. The van der Waals surface area contributed by atoms with Crippen molar-refractivity contribution in [1.29, 1.82) is 0 Å². The predicted octanol–water partition coefficient (Wildman–Crippen LogP) is -0.181. The van der Waals surface area contributed by atoms with Crippen LogP contribution in [0.5, 0.6) is 0 Å². The largest absolute Gasteiger partial charge is 0.480 e. The number of hydrogen-bond acceptors (Lipinski definition) is 5. The molecule has 0 rings (SSSR count). The van der Waals surface area contributed by atoms with Gasteiger partial charge in [-0.05, 0) is 27.7 Å². The van der Waals surface area contributed by atoms with Crippen LogP contribution in [0.4, 0.5) is 4.79 Å². The van der Waals surface area contributed by atoms with Crippen molar-refractivity contribution < 1.29 is 27.9 Å². The predicted molar refractivity (Wildman–Crippen MR) is 58.5 cm³/mol. The Bertz CT molecular complexity index is 400. The molecule has 0 atom stereocenters. The summed E-state index contributed by atoms with van der Waals surface area (Å²) in [6, 6.07) is 0. The number of amides is 1. The summed E-state index contributed by atoms with van der Waals surface area (Å²) in [7, 11) is -4.28. The van der Waals surface area contributed by atoms with Crippen LogP contribution < -0.4 is 9.44 Å². The van der Waals surface area contributed by atoms with Crippen LogP contribution in [-0.4, -0.2) is 37.2 Å². The summed E-state index contributed by atoms with van der Waals surface area (Å²) in [5.41, 5.74) is -1.73. The van der Waals surface area contributed by atoms with E-state index in [1.165, 1.54) is 4.72 Å². The quantitative estimate of drug-likeness (QED) is 0.635. The Hall–Kier alpha value is -1.35. The SMILES string of the molecule is CC(C)OC(=O)NS(=O)(=O)NC(C)(C)C(=O)O. The lowest BCUT2D eigenvalue weighted by Gasteiger charge is -2.20. The molecule has 0 heterocycles. The molecule has 3 N–H and O–H groups in total. The lowest BCUT2D eigenvalue weighted by atomic mass is 10.1. The van der Waals surface area contributed by atoms with Crippen LogP contribution in [0.15, 0.2) is 0 Å². The highest BCUT2D eigenvalue weighted by molar-refractivity contribution is 7.88. The molecule has 1 amide bonds. The Kier molecular flexibility index (Phi) is 4.90. The minimum atomic E-state index is -4.28. The number of carboxylic acid groups (broad SMARTS) is 1. The highest BCUT2D eigenvalue weighted by Crippen LogP contribution is 2.03. The van der Waals surface area contributed by atoms with Gasteiger partial charge in [0.2, 0.25) is 0 Å². The molecule has 0 saturated heterocycles. The molecule has 100 valence electrons. The molecular weight excluding hydrogens is 252 g/mol. The minimum absolute atomic E-state index is 0.488. The fourth-order valence-electron chi connectivity index (χ4n) is 0.753. The van der Waals surface area contributed by atoms with Crippen molar-refractivity contribution >= 4 is 22.3 Å². The molecule has 0 aromatic heterocycles. The van der Waals surface area contributed by atoms with Crippen LogP contribution in [0.2, 0.25) is 0 Å². The standard InChI is InChI=1S/C8H16N2O6S/c1-5(2)16-7(13)9-17(14,15)10-8(3,4)6(11)12/h5,10H,1-4H3,(H,9,13)(H,11,12). The molecule has 0 spiro atoms. The molecule has 0 unspecified atom stereocenters. The van der Waals surface area contributed by atoms with E-state index in [9.17, 15) is 18.0 Å². The molecule has 0 aromatic rings. The Morgan fingerprint density at radius 3 is 2.12 bits per heavy atom. The molecule has 0 aromatic carbocycles. The van der Waals surface area contributed by atoms with Gasteiger partial charge in [-0.15, -0.1) is 0 Å². The lowest BCUT2D eigenvalue weighted by molar-refractivity contribution is -0.142. The van der Waals surface area contributed by atoms with Crippen molar-refractivity contribution in [3.05, 3.63) is 0 Å². The monoisotopic (exact) mass is 268 g/mol. The number of carboxylic acids is 1. The summed E-state index contributed by atoms with van der Waals surface area (Å²) in [5.74, 6) is -1.37. The summed E-state index contributed by atoms with van der Waals surface area (Å²) in [5, 5.41) is 8.71. The normalized spacial score (nSPS) is 12.3. The van der Waals surface area contributed by atoms with E-state index in [4.69, 9.17) is 5.11 Å². The maximum absolute atomic E-state index is 11.4. The second kappa shape index (κ2) is 5.32. The first kappa shape index (κ1) is 15.7. The number of hydrogen-bond donors (Lipinski definition) is 3. The molecule has 0 radical (unpaired) electrons. The van der Waals surface area contributed by atoms with Crippen LogP contribution in [0.1, 0.15) is 27.7 Å². The number of ether oxygens (including phenoxy) is 1. The summed E-state index contributed by atoms with van der Waals surface area (Å²) in [6.07, 6.45) is -1.66. The van der Waals surface area contributed by atoms with E-state index in [0.29, 0.717) is 0 Å². The third-order valence-corrected chi connectivity index (χ3v) is 2.70. The van der Waals surface area contributed by atoms with E-state index < -0.39 is 33.9 Å². The molecule has 17 heavy (non-hydrogen) atoms. The summed E-state index contributed by atoms with van der Waals surface area (Å²) < 4.78 is 30.6. The van der Waals surface area contributed by atoms with E-state index in [1.807, 2.05) is 0 Å². The fraction of sp³-hybridized carbons (Fsp3) is 0.750. The maximum Gasteiger partial charge on any atom is 0.422 e. The Morgan fingerprint density at radius 1 is 1.29 bits per heavy atom. The zero-order valence-corrected chi connectivity index (χ0v) is 10.8. The number of aliphatic carboxylic acids is 1. The van der Waals surface area contributed by atoms with Crippen molar-refractivity contribution in [2.24, 2.45) is 0 Å². The van der Waals surface area contributed by atoms with E-state index in [0.717, 1.165) is 13.8 Å². The van der Waals surface area contributed by atoms with Crippen molar-refractivity contribution in [3.63, 3.8) is 0 Å². The smallest absolute Gasteiger partial charge is 0.422 e. The third kappa shape index (κ3) is 6.07. The number of carbonyl (C=O) groups is 2. The minimum Gasteiger partial charge on any atom is -0.480 e. The van der Waals surface area contributed by atoms with Gasteiger partial charge in [0.05, 0.1) is 6.10 Å². The van der Waals surface area contributed by atoms with Crippen LogP contribution in [-0.2, 0) is 19.7 Å². The van der Waals surface area contributed by atoms with Crippen molar-refractivity contribution in [1.82, 2.24) is 9.44 Å². The second-order valence-corrected chi connectivity index (χ2v) is 5.51. The summed E-state index contributed by atoms with van der Waals surface area (Å²) >= 11 is 0. The van der Waals surface area contributed by atoms with Gasteiger partial charge in [0.25, 0.3) is 0 Å². The summed E-state index contributed by atoms with van der Waals surface area (Å²) in [4.78, 5) is 21.7. The highest BCUT2D eigenvalue weighted by Gasteiger charge is 2.33. The first-order chi connectivity index (χ1) is 7.46. The highest BCUT2D eigenvalue weighted by atomic mass is 32.2. The van der Waals surface area contributed by atoms with E-state index in [1.54, 1.807) is 18.6 Å². The Labute approximate surface area is 99.5 Å². The molecule has 0 fully saturated rings. The zero-order chi connectivity index (χ0) is 13.9. The van der Waals surface area contributed by atoms with E-state index >= 15 is 0 Å². The van der Waals surface area contributed by atoms with Crippen molar-refractivity contribution in [2.45, 2.75) is 39.3 Å². The number of nitrogens with one attached hydrogen (secondary N) is 2. The van der Waals surface area contributed by atoms with Gasteiger partial charge < -0.3 is 9.84 Å². The Balaban J connectivity index is 4.62. The van der Waals surface area contributed by atoms with Crippen LogP contribution in [0.25, 0.3) is 0 Å². The van der Waals surface area contributed by atoms with Gasteiger partial charge in [-0.1, -0.05) is 0 Å². The maximum atomic E-state index is 11.4. The van der Waals surface area contributed by atoms with Gasteiger partial charge >= 0.3 is 22.3 Å². The zero-order valence-electron chi connectivity index (χ0n) is 9.97. The van der Waals surface area contributed by atoms with E-state index in [2.05, 4.69) is 4.74 Å². The molecule has 9 heteroatoms. The first-order valence-electron chi connectivity index (χ1n) is 4.72. The molecule has 0 aliphatic carbocycles. The van der Waals surface area contributed by atoms with Crippen LogP contribution >= 0.6 is 0 Å². The van der Waals surface area contributed by atoms with Gasteiger partial charge in [-0.2, -0.15) is 13.1 Å². The Morgan fingerprint density at radius 2 is 1.76 bits per heavy atom. The van der Waals surface area contributed by atoms with Crippen LogP contribution in [0.3, 0.4) is 0 Å². The number of rotatable bonds is 5. The topological polar surface area (TPSA) is 122 Å². The second-order valence-electron chi connectivity index (χ2n) is 4.09. The van der Waals surface area contributed by atoms with Crippen LogP contribution in [0, 0.1) is 0 Å². The van der Waals surface area contributed by atoms with Gasteiger partial charge in [-0.3, -0.25) is 4.79 Å². The summed E-state index contributed by atoms with van der Waals surface area (Å²) in [6.45, 7) is 5.37.